The Morgan fingerprint density at radius 2 is 2.00 bits per heavy atom. The van der Waals surface area contributed by atoms with Crippen LogP contribution in [0.3, 0.4) is 0 Å². The molecule has 0 fully saturated rings. The minimum atomic E-state index is -4.98. The highest BCUT2D eigenvalue weighted by Crippen LogP contribution is 2.16. The van der Waals surface area contributed by atoms with E-state index in [2.05, 4.69) is 15.7 Å². The van der Waals surface area contributed by atoms with Gasteiger partial charge >= 0.3 is 12.3 Å². The summed E-state index contributed by atoms with van der Waals surface area (Å²) in [4.78, 5) is 10.2. The van der Waals surface area contributed by atoms with Crippen molar-refractivity contribution in [2.75, 3.05) is 0 Å². The molecule has 0 saturated carbocycles. The average molecular weight is 170 g/mol. The van der Waals surface area contributed by atoms with Gasteiger partial charge in [-0.3, -0.25) is 0 Å². The van der Waals surface area contributed by atoms with Crippen molar-refractivity contribution in [1.29, 1.82) is 0 Å². The first-order valence-corrected chi connectivity index (χ1v) is 2.41. The fourth-order valence-electron chi connectivity index (χ4n) is 0.232. The summed E-state index contributed by atoms with van der Waals surface area (Å²) in [6.45, 7) is 1.01. The monoisotopic (exact) mass is 170 g/mol. The predicted molar refractivity (Wildman–Crippen MR) is 29.4 cm³/mol. The zero-order chi connectivity index (χ0) is 9.07. The highest BCUT2D eigenvalue weighted by atomic mass is 19.4. The van der Waals surface area contributed by atoms with Gasteiger partial charge < -0.3 is 10.6 Å². The second kappa shape index (κ2) is 3.22. The van der Waals surface area contributed by atoms with E-state index in [0.717, 1.165) is 6.92 Å². The van der Waals surface area contributed by atoms with E-state index in [1.165, 1.54) is 0 Å². The van der Waals surface area contributed by atoms with E-state index in [1.54, 1.807) is 0 Å². The number of hydrogen-bond donors (Lipinski definition) is 1. The van der Waals surface area contributed by atoms with E-state index in [0.29, 0.717) is 0 Å². The molecule has 0 aromatic carbocycles. The highest BCUT2D eigenvalue weighted by molar-refractivity contribution is 6.35. The summed E-state index contributed by atoms with van der Waals surface area (Å²) in [6.07, 6.45) is -4.98. The molecule has 0 saturated heterocycles. The van der Waals surface area contributed by atoms with Crippen molar-refractivity contribution in [3.05, 3.63) is 0 Å². The molecule has 4 nitrogen and oxygen atoms in total. The molecule has 0 rings (SSSR count). The Kier molecular flexibility index (Phi) is 2.85. The van der Waals surface area contributed by atoms with Gasteiger partial charge in [-0.1, -0.05) is 0 Å². The van der Waals surface area contributed by atoms with Crippen LogP contribution in [0.2, 0.25) is 0 Å². The van der Waals surface area contributed by atoms with Gasteiger partial charge in [-0.25, -0.2) is 4.79 Å². The van der Waals surface area contributed by atoms with Crippen molar-refractivity contribution in [2.24, 2.45) is 10.9 Å². The smallest absolute Gasteiger partial charge is 0.368 e. The largest absolute Gasteiger partial charge is 0.575 e. The number of carbonyl (C=O) groups is 1. The van der Waals surface area contributed by atoms with Crippen molar-refractivity contribution in [3.8, 4) is 0 Å². The Balaban J connectivity index is 4.10. The number of hydrogen-bond acceptors (Lipinski definition) is 4. The Hall–Kier alpha value is -1.27. The molecule has 0 aromatic rings. The molecule has 0 atom stereocenters. The number of hydrazone groups is 1. The van der Waals surface area contributed by atoms with Gasteiger partial charge in [0, 0.05) is 0 Å². The van der Waals surface area contributed by atoms with Gasteiger partial charge in [0.05, 0.1) is 0 Å². The lowest BCUT2D eigenvalue weighted by atomic mass is 10.4. The van der Waals surface area contributed by atoms with Crippen molar-refractivity contribution >= 4 is 11.7 Å². The molecular formula is C4H5F3N2O2. The molecule has 0 aliphatic heterocycles. The van der Waals surface area contributed by atoms with E-state index in [1.807, 2.05) is 0 Å². The fourth-order valence-corrected chi connectivity index (χ4v) is 0.232. The lowest BCUT2D eigenvalue weighted by molar-refractivity contribution is -0.301. The van der Waals surface area contributed by atoms with Crippen molar-refractivity contribution in [2.45, 2.75) is 13.3 Å². The van der Waals surface area contributed by atoms with Crippen LogP contribution in [0.5, 0.6) is 0 Å². The summed E-state index contributed by atoms with van der Waals surface area (Å²) in [5, 5.41) is 2.71. The first-order chi connectivity index (χ1) is 4.87. The predicted octanol–water partition coefficient (Wildman–Crippen LogP) is 0.384. The Morgan fingerprint density at radius 3 is 2.27 bits per heavy atom. The second-order valence-corrected chi connectivity index (χ2v) is 1.55. The van der Waals surface area contributed by atoms with Gasteiger partial charge in [0.1, 0.15) is 5.71 Å². The molecule has 0 spiro atoms. The van der Waals surface area contributed by atoms with Crippen LogP contribution in [-0.4, -0.2) is 18.0 Å². The molecule has 0 aliphatic rings. The van der Waals surface area contributed by atoms with Gasteiger partial charge in [0.2, 0.25) is 0 Å². The van der Waals surface area contributed by atoms with Crippen LogP contribution < -0.4 is 5.84 Å². The first-order valence-electron chi connectivity index (χ1n) is 2.41. The molecule has 0 heterocycles. The van der Waals surface area contributed by atoms with Crippen LogP contribution in [-0.2, 0) is 9.53 Å². The molecule has 0 unspecified atom stereocenters. The number of esters is 1. The average Bonchev–Trinajstić information content (AvgIpc) is 1.82. The van der Waals surface area contributed by atoms with E-state index in [9.17, 15) is 18.0 Å². The Labute approximate surface area is 59.8 Å². The Morgan fingerprint density at radius 1 is 1.55 bits per heavy atom. The molecule has 0 bridgehead atoms. The molecule has 0 aliphatic carbocycles. The molecular weight excluding hydrogens is 165 g/mol. The van der Waals surface area contributed by atoms with Gasteiger partial charge in [0.15, 0.2) is 0 Å². The molecule has 7 heteroatoms. The zero-order valence-corrected chi connectivity index (χ0v) is 5.47. The molecule has 64 valence electrons. The Bertz CT molecular complexity index is 186. The van der Waals surface area contributed by atoms with E-state index < -0.39 is 18.0 Å². The van der Waals surface area contributed by atoms with Crippen LogP contribution in [0.15, 0.2) is 5.10 Å². The topological polar surface area (TPSA) is 64.7 Å². The summed E-state index contributed by atoms with van der Waals surface area (Å²) in [5.74, 6) is 2.91. The van der Waals surface area contributed by atoms with Gasteiger partial charge in [0.25, 0.3) is 0 Å². The maximum Gasteiger partial charge on any atom is 0.575 e. The summed E-state index contributed by atoms with van der Waals surface area (Å²) in [6, 6.07) is 0. The van der Waals surface area contributed by atoms with E-state index in [-0.39, 0.29) is 0 Å². The molecule has 0 amide bonds. The minimum absolute atomic E-state index is 0.540. The van der Waals surface area contributed by atoms with Gasteiger partial charge in [-0.05, 0) is 6.92 Å². The number of alkyl halides is 3. The highest BCUT2D eigenvalue weighted by Gasteiger charge is 2.34. The summed E-state index contributed by atoms with van der Waals surface area (Å²) in [5.41, 5.74) is -0.540. The number of ether oxygens (including phenoxy) is 1. The quantitative estimate of drug-likeness (QED) is 0.268. The second-order valence-electron chi connectivity index (χ2n) is 1.55. The lowest BCUT2D eigenvalue weighted by Gasteiger charge is -2.05. The number of carbonyl (C=O) groups excluding carboxylic acids is 1. The van der Waals surface area contributed by atoms with Crippen LogP contribution >= 0.6 is 0 Å². The number of rotatable bonds is 1. The maximum atomic E-state index is 11.3. The van der Waals surface area contributed by atoms with Crippen LogP contribution in [0.4, 0.5) is 13.2 Å². The normalized spacial score (nSPS) is 12.9. The third-order valence-corrected chi connectivity index (χ3v) is 0.697. The van der Waals surface area contributed by atoms with E-state index in [4.69, 9.17) is 0 Å². The summed E-state index contributed by atoms with van der Waals surface area (Å²) < 4.78 is 36.7. The molecule has 11 heavy (non-hydrogen) atoms. The van der Waals surface area contributed by atoms with Crippen LogP contribution in [0.25, 0.3) is 0 Å². The van der Waals surface area contributed by atoms with Gasteiger partial charge in [-0.15, -0.1) is 13.2 Å². The number of nitrogens with two attached hydrogens (primary N) is 1. The third-order valence-electron chi connectivity index (χ3n) is 0.697. The lowest BCUT2D eigenvalue weighted by Crippen LogP contribution is -2.24. The SMILES string of the molecule is C/C(=N\N)C(=O)OC(F)(F)F. The number of halogens is 3. The van der Waals surface area contributed by atoms with E-state index >= 15 is 0 Å². The van der Waals surface area contributed by atoms with Crippen LogP contribution in [0.1, 0.15) is 6.92 Å². The van der Waals surface area contributed by atoms with Crippen molar-refractivity contribution < 1.29 is 22.7 Å². The van der Waals surface area contributed by atoms with Crippen molar-refractivity contribution in [3.63, 3.8) is 0 Å². The summed E-state index contributed by atoms with van der Waals surface area (Å²) in [7, 11) is 0. The molecule has 0 aromatic heterocycles. The van der Waals surface area contributed by atoms with Crippen LogP contribution in [0, 0.1) is 0 Å². The minimum Gasteiger partial charge on any atom is -0.368 e. The molecule has 0 radical (unpaired) electrons. The third kappa shape index (κ3) is 4.18. The maximum absolute atomic E-state index is 11.3. The summed E-state index contributed by atoms with van der Waals surface area (Å²) >= 11 is 0. The van der Waals surface area contributed by atoms with Gasteiger partial charge in [-0.2, -0.15) is 5.10 Å². The number of nitrogens with zero attached hydrogens (tertiary/aromatic N) is 1. The standard InChI is InChI=1S/C4H5F3N2O2/c1-2(9-8)3(10)11-4(5,6)7/h8H2,1H3/b9-2+. The fraction of sp³-hybridized carbons (Fsp3) is 0.500. The first kappa shape index (κ1) is 9.73. The molecule has 2 N–H and O–H groups in total. The van der Waals surface area contributed by atoms with Crippen molar-refractivity contribution in [1.82, 2.24) is 0 Å². The zero-order valence-electron chi connectivity index (χ0n) is 5.47.